The minimum Gasteiger partial charge on any atom is -0.432 e. The zero-order valence-electron chi connectivity index (χ0n) is 11.2. The molecular weight excluding hydrogens is 299 g/mol. The molecule has 2 aromatic rings. The van der Waals surface area contributed by atoms with Gasteiger partial charge in [0.25, 0.3) is 5.91 Å². The molecule has 0 fully saturated rings. The number of amides is 1. The normalized spacial score (nSPS) is 13.7. The summed E-state index contributed by atoms with van der Waals surface area (Å²) >= 11 is 0. The van der Waals surface area contributed by atoms with Crippen molar-refractivity contribution < 1.29 is 27.8 Å². The molecule has 7 heteroatoms. The van der Waals surface area contributed by atoms with Crippen LogP contribution in [0.3, 0.4) is 0 Å². The third-order valence-electron chi connectivity index (χ3n) is 3.11. The highest BCUT2D eigenvalue weighted by atomic mass is 19.3. The molecule has 0 aromatic heterocycles. The highest BCUT2D eigenvalue weighted by Gasteiger charge is 2.38. The number of carbonyl (C=O) groups excluding carboxylic acids is 1. The number of carbonyl (C=O) groups is 1. The third-order valence-corrected chi connectivity index (χ3v) is 3.11. The molecule has 2 rings (SSSR count). The lowest BCUT2D eigenvalue weighted by molar-refractivity contribution is -0.133. The van der Waals surface area contributed by atoms with Crippen LogP contribution in [-0.2, 0) is 10.4 Å². The van der Waals surface area contributed by atoms with Crippen molar-refractivity contribution in [2.75, 3.05) is 0 Å². The quantitative estimate of drug-likeness (QED) is 0.888. The Morgan fingerprint density at radius 2 is 1.77 bits per heavy atom. The summed E-state index contributed by atoms with van der Waals surface area (Å²) in [5, 5.41) is 10.6. The lowest BCUT2D eigenvalue weighted by atomic mass is 9.85. The van der Waals surface area contributed by atoms with Gasteiger partial charge in [-0.15, -0.1) is 0 Å². The van der Waals surface area contributed by atoms with Gasteiger partial charge in [-0.2, -0.15) is 8.78 Å². The fraction of sp³-hybridized carbons (Fsp3) is 0.133. The number of alkyl halides is 2. The van der Waals surface area contributed by atoms with E-state index in [0.29, 0.717) is 0 Å². The Hall–Kier alpha value is -2.54. The first kappa shape index (κ1) is 15.8. The standard InChI is InChI=1S/C15H12F3NO3/c16-11-8-10(6-7-12(11)22-14(17)18)15(21,13(19)20)9-4-2-1-3-5-9/h1-8,14,21H,(H2,19,20). The number of benzene rings is 2. The van der Waals surface area contributed by atoms with E-state index in [1.807, 2.05) is 0 Å². The summed E-state index contributed by atoms with van der Waals surface area (Å²) in [5.41, 5.74) is 2.89. The van der Waals surface area contributed by atoms with Gasteiger partial charge in [0.2, 0.25) is 0 Å². The van der Waals surface area contributed by atoms with Gasteiger partial charge in [0, 0.05) is 5.56 Å². The van der Waals surface area contributed by atoms with Crippen molar-refractivity contribution in [2.24, 2.45) is 5.73 Å². The molecule has 1 atom stereocenters. The molecule has 0 aliphatic carbocycles. The first-order valence-electron chi connectivity index (χ1n) is 6.18. The summed E-state index contributed by atoms with van der Waals surface area (Å²) < 4.78 is 42.0. The molecule has 0 aliphatic heterocycles. The van der Waals surface area contributed by atoms with Crippen molar-refractivity contribution >= 4 is 5.91 Å². The van der Waals surface area contributed by atoms with Crippen LogP contribution in [0.5, 0.6) is 5.75 Å². The molecule has 0 bridgehead atoms. The third kappa shape index (κ3) is 2.89. The zero-order valence-corrected chi connectivity index (χ0v) is 11.2. The number of nitrogens with two attached hydrogens (primary N) is 1. The van der Waals surface area contributed by atoms with Crippen LogP contribution >= 0.6 is 0 Å². The van der Waals surface area contributed by atoms with Gasteiger partial charge in [-0.25, -0.2) is 4.39 Å². The summed E-state index contributed by atoms with van der Waals surface area (Å²) in [7, 11) is 0. The topological polar surface area (TPSA) is 72.6 Å². The minimum absolute atomic E-state index is 0.129. The molecule has 3 N–H and O–H groups in total. The van der Waals surface area contributed by atoms with Gasteiger partial charge in [0.1, 0.15) is 0 Å². The molecule has 0 saturated carbocycles. The van der Waals surface area contributed by atoms with Crippen molar-refractivity contribution in [3.63, 3.8) is 0 Å². The highest BCUT2D eigenvalue weighted by molar-refractivity contribution is 5.88. The zero-order chi connectivity index (χ0) is 16.3. The largest absolute Gasteiger partial charge is 0.432 e. The Morgan fingerprint density at radius 1 is 1.14 bits per heavy atom. The number of aliphatic hydroxyl groups is 1. The second kappa shape index (κ2) is 6.07. The van der Waals surface area contributed by atoms with Crippen LogP contribution in [0, 0.1) is 5.82 Å². The summed E-state index contributed by atoms with van der Waals surface area (Å²) in [5.74, 6) is -2.97. The second-order valence-electron chi connectivity index (χ2n) is 4.46. The maximum absolute atomic E-state index is 13.8. The van der Waals surface area contributed by atoms with Crippen LogP contribution in [-0.4, -0.2) is 17.6 Å². The van der Waals surface area contributed by atoms with Crippen LogP contribution in [0.1, 0.15) is 11.1 Å². The van der Waals surface area contributed by atoms with Crippen molar-refractivity contribution in [2.45, 2.75) is 12.2 Å². The Kier molecular flexibility index (Phi) is 4.37. The Morgan fingerprint density at radius 3 is 2.27 bits per heavy atom. The smallest absolute Gasteiger partial charge is 0.387 e. The number of hydrogen-bond acceptors (Lipinski definition) is 3. The average molecular weight is 311 g/mol. The van der Waals surface area contributed by atoms with Crippen molar-refractivity contribution in [1.82, 2.24) is 0 Å². The summed E-state index contributed by atoms with van der Waals surface area (Å²) in [6, 6.07) is 10.4. The van der Waals surface area contributed by atoms with Crippen LogP contribution in [0.2, 0.25) is 0 Å². The number of primary amides is 1. The molecular formula is C15H12F3NO3. The monoisotopic (exact) mass is 311 g/mol. The molecule has 0 spiro atoms. The van der Waals surface area contributed by atoms with Gasteiger partial charge in [0.15, 0.2) is 17.2 Å². The van der Waals surface area contributed by atoms with E-state index in [1.54, 1.807) is 18.2 Å². The lowest BCUT2D eigenvalue weighted by Crippen LogP contribution is -2.42. The van der Waals surface area contributed by atoms with E-state index in [0.717, 1.165) is 18.2 Å². The first-order chi connectivity index (χ1) is 10.4. The Labute approximate surface area is 123 Å². The van der Waals surface area contributed by atoms with Crippen molar-refractivity contribution in [3.8, 4) is 5.75 Å². The molecule has 22 heavy (non-hydrogen) atoms. The van der Waals surface area contributed by atoms with E-state index in [9.17, 15) is 23.1 Å². The molecule has 0 aliphatic rings. The van der Waals surface area contributed by atoms with E-state index in [2.05, 4.69) is 4.74 Å². The van der Waals surface area contributed by atoms with Crippen LogP contribution in [0.15, 0.2) is 48.5 Å². The summed E-state index contributed by atoms with van der Waals surface area (Å²) in [4.78, 5) is 11.7. The van der Waals surface area contributed by atoms with E-state index in [4.69, 9.17) is 5.73 Å². The molecule has 1 unspecified atom stereocenters. The van der Waals surface area contributed by atoms with Crippen LogP contribution in [0.25, 0.3) is 0 Å². The minimum atomic E-state index is -3.19. The maximum atomic E-state index is 13.8. The fourth-order valence-corrected chi connectivity index (χ4v) is 2.05. The summed E-state index contributed by atoms with van der Waals surface area (Å²) in [6.07, 6.45) is 0. The Bertz CT molecular complexity index is 679. The van der Waals surface area contributed by atoms with Gasteiger partial charge in [-0.1, -0.05) is 36.4 Å². The average Bonchev–Trinajstić information content (AvgIpc) is 2.48. The molecule has 0 saturated heterocycles. The van der Waals surface area contributed by atoms with Crippen molar-refractivity contribution in [1.29, 1.82) is 0 Å². The number of hydrogen-bond donors (Lipinski definition) is 2. The molecule has 2 aromatic carbocycles. The molecule has 116 valence electrons. The second-order valence-corrected chi connectivity index (χ2v) is 4.46. The molecule has 0 radical (unpaired) electrons. The van der Waals surface area contributed by atoms with E-state index >= 15 is 0 Å². The lowest BCUT2D eigenvalue weighted by Gasteiger charge is -2.26. The maximum Gasteiger partial charge on any atom is 0.387 e. The molecule has 0 heterocycles. The predicted molar refractivity (Wildman–Crippen MR) is 71.7 cm³/mol. The van der Waals surface area contributed by atoms with Gasteiger partial charge in [-0.3, -0.25) is 4.79 Å². The number of halogens is 3. The van der Waals surface area contributed by atoms with E-state index < -0.39 is 29.7 Å². The van der Waals surface area contributed by atoms with Crippen LogP contribution < -0.4 is 10.5 Å². The predicted octanol–water partition coefficient (Wildman–Crippen LogP) is 2.15. The fourth-order valence-electron chi connectivity index (χ4n) is 2.05. The molecule has 4 nitrogen and oxygen atoms in total. The number of rotatable bonds is 5. The van der Waals surface area contributed by atoms with E-state index in [1.165, 1.54) is 12.1 Å². The van der Waals surface area contributed by atoms with Gasteiger partial charge >= 0.3 is 6.61 Å². The Balaban J connectivity index is 2.51. The van der Waals surface area contributed by atoms with Gasteiger partial charge < -0.3 is 15.6 Å². The first-order valence-corrected chi connectivity index (χ1v) is 6.18. The summed E-state index contributed by atoms with van der Waals surface area (Å²) in [6.45, 7) is -3.19. The van der Waals surface area contributed by atoms with Crippen LogP contribution in [0.4, 0.5) is 13.2 Å². The van der Waals surface area contributed by atoms with Gasteiger partial charge in [0.05, 0.1) is 0 Å². The van der Waals surface area contributed by atoms with Gasteiger partial charge in [-0.05, 0) is 17.7 Å². The highest BCUT2D eigenvalue weighted by Crippen LogP contribution is 2.32. The SMILES string of the molecule is NC(=O)C(O)(c1ccccc1)c1ccc(OC(F)F)c(F)c1. The van der Waals surface area contributed by atoms with E-state index in [-0.39, 0.29) is 11.1 Å². The van der Waals surface area contributed by atoms with Crippen molar-refractivity contribution in [3.05, 3.63) is 65.5 Å². The number of ether oxygens (including phenoxy) is 1. The molecule has 1 amide bonds.